The van der Waals surface area contributed by atoms with Crippen molar-refractivity contribution in [1.82, 2.24) is 0 Å². The summed E-state index contributed by atoms with van der Waals surface area (Å²) in [6.45, 7) is 6.58. The molecule has 0 unspecified atom stereocenters. The fourth-order valence-electron chi connectivity index (χ4n) is 8.98. The number of hydrogen-bond acceptors (Lipinski definition) is 6. The molecule has 0 fully saturated rings. The molecule has 0 bridgehead atoms. The molecule has 0 aliphatic rings. The summed E-state index contributed by atoms with van der Waals surface area (Å²) in [4.78, 5) is 38.3. The lowest BCUT2D eigenvalue weighted by molar-refractivity contribution is -0.167. The normalized spacial score (nSPS) is 12.6. The van der Waals surface area contributed by atoms with Gasteiger partial charge in [0.25, 0.3) is 0 Å². The van der Waals surface area contributed by atoms with Crippen LogP contribution in [0.4, 0.5) is 0 Å². The Hall–Kier alpha value is -3.41. The van der Waals surface area contributed by atoms with Gasteiger partial charge in [-0.3, -0.25) is 14.4 Å². The van der Waals surface area contributed by atoms with E-state index in [1.807, 2.05) is 0 Å². The summed E-state index contributed by atoms with van der Waals surface area (Å²) in [6, 6.07) is 0. The van der Waals surface area contributed by atoms with Crippen molar-refractivity contribution in [3.05, 3.63) is 85.1 Å². The maximum Gasteiger partial charge on any atom is 0.306 e. The molecule has 0 radical (unpaired) electrons. The zero-order valence-corrected chi connectivity index (χ0v) is 49.6. The lowest BCUT2D eigenvalue weighted by atomic mass is 10.0. The van der Waals surface area contributed by atoms with Crippen molar-refractivity contribution in [3.63, 3.8) is 0 Å². The number of hydrogen-bond donors (Lipinski definition) is 0. The minimum atomic E-state index is -0.796. The maximum absolute atomic E-state index is 12.9. The van der Waals surface area contributed by atoms with Crippen LogP contribution in [0, 0.1) is 0 Å². The molecule has 0 heterocycles. The van der Waals surface area contributed by atoms with Gasteiger partial charge in [-0.1, -0.05) is 260 Å². The summed E-state index contributed by atoms with van der Waals surface area (Å²) in [5.74, 6) is -0.918. The summed E-state index contributed by atoms with van der Waals surface area (Å²) in [6.07, 6.45) is 82.9. The molecular weight excluding hydrogens is 925 g/mol. The fourth-order valence-corrected chi connectivity index (χ4v) is 8.98. The molecule has 0 spiro atoms. The molecule has 0 aromatic rings. The Kier molecular flexibility index (Phi) is 60.3. The Morgan fingerprint density at radius 3 is 0.800 bits per heavy atom. The van der Waals surface area contributed by atoms with Gasteiger partial charge in [-0.2, -0.15) is 0 Å². The van der Waals surface area contributed by atoms with Crippen LogP contribution >= 0.6 is 0 Å². The Balaban J connectivity index is 4.42. The molecule has 0 N–H and O–H groups in total. The SMILES string of the molecule is CCCCC/C=C\C/C=C\C/C=C\C/C=C\CCCCCC(=O)OC[C@H](COC(=O)CCCCCCCCCCCCC/C=C\CCCCCCCC)OC(=O)CCCCCCCCC/C=C\C/C=C\CCCCC. The largest absolute Gasteiger partial charge is 0.462 e. The van der Waals surface area contributed by atoms with Crippen molar-refractivity contribution in [2.75, 3.05) is 13.2 Å². The lowest BCUT2D eigenvalue weighted by Gasteiger charge is -2.18. The number of rotatable bonds is 58. The predicted octanol–water partition coefficient (Wildman–Crippen LogP) is 21.9. The average molecular weight is 1050 g/mol. The number of allylic oxidation sites excluding steroid dienone is 14. The first-order chi connectivity index (χ1) is 37.0. The molecule has 0 aliphatic carbocycles. The van der Waals surface area contributed by atoms with Crippen LogP contribution in [0.2, 0.25) is 0 Å². The molecule has 0 aliphatic heterocycles. The molecule has 0 saturated heterocycles. The van der Waals surface area contributed by atoms with Crippen molar-refractivity contribution in [2.45, 2.75) is 322 Å². The smallest absolute Gasteiger partial charge is 0.306 e. The van der Waals surface area contributed by atoms with E-state index in [0.717, 1.165) is 96.3 Å². The summed E-state index contributed by atoms with van der Waals surface area (Å²) in [5.41, 5.74) is 0. The van der Waals surface area contributed by atoms with E-state index in [4.69, 9.17) is 14.2 Å². The molecule has 0 aromatic carbocycles. The van der Waals surface area contributed by atoms with Crippen LogP contribution < -0.4 is 0 Å². The minimum Gasteiger partial charge on any atom is -0.462 e. The third-order valence-corrected chi connectivity index (χ3v) is 13.8. The third kappa shape index (κ3) is 61.3. The maximum atomic E-state index is 12.9. The first-order valence-electron chi connectivity index (χ1n) is 32.1. The quantitative estimate of drug-likeness (QED) is 0.0261. The molecule has 0 amide bonds. The molecule has 6 heteroatoms. The fraction of sp³-hybridized carbons (Fsp3) is 0.754. The third-order valence-electron chi connectivity index (χ3n) is 13.8. The number of unbranched alkanes of at least 4 members (excludes halogenated alkanes) is 33. The highest BCUT2D eigenvalue weighted by Crippen LogP contribution is 2.16. The van der Waals surface area contributed by atoms with E-state index < -0.39 is 6.10 Å². The Morgan fingerprint density at radius 1 is 0.267 bits per heavy atom. The number of carbonyl (C=O) groups is 3. The van der Waals surface area contributed by atoms with Gasteiger partial charge in [0.2, 0.25) is 0 Å². The number of ether oxygens (including phenoxy) is 3. The summed E-state index contributed by atoms with van der Waals surface area (Å²) in [5, 5.41) is 0. The summed E-state index contributed by atoms with van der Waals surface area (Å²) < 4.78 is 16.9. The van der Waals surface area contributed by atoms with Crippen LogP contribution in [0.3, 0.4) is 0 Å². The van der Waals surface area contributed by atoms with E-state index in [1.165, 1.54) is 180 Å². The second kappa shape index (κ2) is 63.1. The first-order valence-corrected chi connectivity index (χ1v) is 32.1. The topological polar surface area (TPSA) is 78.9 Å². The van der Waals surface area contributed by atoms with Crippen molar-refractivity contribution in [3.8, 4) is 0 Å². The molecule has 432 valence electrons. The molecule has 0 rings (SSSR count). The van der Waals surface area contributed by atoms with Gasteiger partial charge in [-0.15, -0.1) is 0 Å². The van der Waals surface area contributed by atoms with E-state index in [1.54, 1.807) is 0 Å². The van der Waals surface area contributed by atoms with Crippen LogP contribution in [0.5, 0.6) is 0 Å². The zero-order valence-electron chi connectivity index (χ0n) is 49.6. The second-order valence-corrected chi connectivity index (χ2v) is 21.3. The van der Waals surface area contributed by atoms with Crippen LogP contribution in [-0.2, 0) is 28.6 Å². The monoisotopic (exact) mass is 1040 g/mol. The standard InChI is InChI=1S/C69H120O6/c1-4-7-10-13-16-19-22-25-28-31-33-34-36-39-41-44-47-50-53-56-59-62-68(71)74-65-66(75-69(72)63-60-57-54-51-48-45-42-37-30-27-24-21-18-15-12-9-6-3)64-73-67(70)61-58-55-52-49-46-43-40-38-35-32-29-26-23-20-17-14-11-8-5-2/h17-18,20-21,25-30,35,38,43,46,66H,4-16,19,22-24,31-34,36-37,39-42,44-45,47-65H2,1-3H3/b20-17-,21-18-,28-25-,29-26-,30-27-,38-35-,46-43-/t66-/m1/s1. The lowest BCUT2D eigenvalue weighted by Crippen LogP contribution is -2.30. The molecule has 6 nitrogen and oxygen atoms in total. The second-order valence-electron chi connectivity index (χ2n) is 21.3. The Morgan fingerprint density at radius 2 is 0.480 bits per heavy atom. The van der Waals surface area contributed by atoms with Crippen LogP contribution in [0.15, 0.2) is 85.1 Å². The van der Waals surface area contributed by atoms with E-state index in [2.05, 4.69) is 106 Å². The highest BCUT2D eigenvalue weighted by atomic mass is 16.6. The highest BCUT2D eigenvalue weighted by Gasteiger charge is 2.19. The number of esters is 3. The zero-order chi connectivity index (χ0) is 54.3. The van der Waals surface area contributed by atoms with Crippen molar-refractivity contribution >= 4 is 17.9 Å². The van der Waals surface area contributed by atoms with E-state index >= 15 is 0 Å². The van der Waals surface area contributed by atoms with Crippen LogP contribution in [0.25, 0.3) is 0 Å². The Bertz CT molecular complexity index is 1430. The Labute approximate surface area is 465 Å². The van der Waals surface area contributed by atoms with E-state index in [-0.39, 0.29) is 31.1 Å². The molecule has 1 atom stereocenters. The minimum absolute atomic E-state index is 0.0895. The summed E-state index contributed by atoms with van der Waals surface area (Å²) >= 11 is 0. The van der Waals surface area contributed by atoms with Gasteiger partial charge in [0.05, 0.1) is 0 Å². The molecular formula is C69H120O6. The molecule has 0 saturated carbocycles. The molecule has 0 aromatic heterocycles. The van der Waals surface area contributed by atoms with Gasteiger partial charge in [-0.25, -0.2) is 0 Å². The average Bonchev–Trinajstić information content (AvgIpc) is 3.41. The van der Waals surface area contributed by atoms with Gasteiger partial charge in [0.1, 0.15) is 13.2 Å². The molecule has 75 heavy (non-hydrogen) atoms. The van der Waals surface area contributed by atoms with E-state index in [9.17, 15) is 14.4 Å². The van der Waals surface area contributed by atoms with Gasteiger partial charge in [0.15, 0.2) is 6.10 Å². The van der Waals surface area contributed by atoms with Crippen molar-refractivity contribution < 1.29 is 28.6 Å². The van der Waals surface area contributed by atoms with Crippen molar-refractivity contribution in [2.24, 2.45) is 0 Å². The van der Waals surface area contributed by atoms with Gasteiger partial charge >= 0.3 is 17.9 Å². The number of carbonyl (C=O) groups excluding carboxylic acids is 3. The van der Waals surface area contributed by atoms with Crippen molar-refractivity contribution in [1.29, 1.82) is 0 Å². The van der Waals surface area contributed by atoms with Gasteiger partial charge in [-0.05, 0) is 122 Å². The van der Waals surface area contributed by atoms with E-state index in [0.29, 0.717) is 19.3 Å². The first kappa shape index (κ1) is 71.6. The predicted molar refractivity (Wildman–Crippen MR) is 325 cm³/mol. The summed E-state index contributed by atoms with van der Waals surface area (Å²) in [7, 11) is 0. The van der Waals surface area contributed by atoms with Crippen LogP contribution in [0.1, 0.15) is 316 Å². The van der Waals surface area contributed by atoms with Gasteiger partial charge in [0, 0.05) is 19.3 Å². The van der Waals surface area contributed by atoms with Gasteiger partial charge < -0.3 is 14.2 Å². The van der Waals surface area contributed by atoms with Crippen LogP contribution in [-0.4, -0.2) is 37.2 Å². The highest BCUT2D eigenvalue weighted by molar-refractivity contribution is 5.71.